The molecule has 3 aromatic rings. The molecule has 3 heterocycles. The van der Waals surface area contributed by atoms with Crippen molar-refractivity contribution in [1.29, 1.82) is 0 Å². The lowest BCUT2D eigenvalue weighted by molar-refractivity contribution is -0.133. The van der Waals surface area contributed by atoms with E-state index < -0.39 is 0 Å². The van der Waals surface area contributed by atoms with Crippen LogP contribution in [-0.2, 0) is 24.8 Å². The first kappa shape index (κ1) is 15.3. The van der Waals surface area contributed by atoms with Crippen LogP contribution < -0.4 is 0 Å². The van der Waals surface area contributed by atoms with Crippen molar-refractivity contribution < 1.29 is 9.32 Å². The van der Waals surface area contributed by atoms with Crippen LogP contribution in [0.4, 0.5) is 0 Å². The molecule has 5 rings (SSSR count). The van der Waals surface area contributed by atoms with E-state index in [0.29, 0.717) is 24.0 Å². The molecule has 0 saturated heterocycles. The summed E-state index contributed by atoms with van der Waals surface area (Å²) in [5.74, 6) is 1.44. The van der Waals surface area contributed by atoms with E-state index in [1.165, 1.54) is 0 Å². The van der Waals surface area contributed by atoms with Gasteiger partial charge >= 0.3 is 0 Å². The van der Waals surface area contributed by atoms with Gasteiger partial charge in [0.25, 0.3) is 5.89 Å². The molecule has 1 aliphatic heterocycles. The maximum Gasteiger partial charge on any atom is 0.279 e. The molecule has 0 bridgehead atoms. The van der Waals surface area contributed by atoms with Gasteiger partial charge in [0.05, 0.1) is 0 Å². The average Bonchev–Trinajstić information content (AvgIpc) is 3.33. The second-order valence-corrected chi connectivity index (χ2v) is 6.97. The molecule has 2 aromatic heterocycles. The third-order valence-corrected chi connectivity index (χ3v) is 5.14. The maximum atomic E-state index is 12.5. The predicted molar refractivity (Wildman–Crippen MR) is 93.8 cm³/mol. The molecular formula is C19H19N5O2. The quantitative estimate of drug-likeness (QED) is 0.726. The molecule has 26 heavy (non-hydrogen) atoms. The van der Waals surface area contributed by atoms with E-state index >= 15 is 0 Å². The molecule has 1 fully saturated rings. The topological polar surface area (TPSA) is 77.1 Å². The van der Waals surface area contributed by atoms with Crippen LogP contribution in [-0.4, -0.2) is 37.3 Å². The molecule has 0 N–H and O–H groups in total. The van der Waals surface area contributed by atoms with Gasteiger partial charge in [0.15, 0.2) is 5.69 Å². The zero-order chi connectivity index (χ0) is 17.7. The minimum absolute atomic E-state index is 0.227. The zero-order valence-electron chi connectivity index (χ0n) is 14.6. The second-order valence-electron chi connectivity index (χ2n) is 6.97. The number of nitrogens with zero attached hydrogens (tertiary/aromatic N) is 5. The van der Waals surface area contributed by atoms with Gasteiger partial charge in [-0.1, -0.05) is 35.5 Å². The van der Waals surface area contributed by atoms with Crippen molar-refractivity contribution >= 4 is 5.91 Å². The van der Waals surface area contributed by atoms with Gasteiger partial charge < -0.3 is 9.42 Å². The Morgan fingerprint density at radius 1 is 1.23 bits per heavy atom. The smallest absolute Gasteiger partial charge is 0.279 e. The first-order chi connectivity index (χ1) is 12.7. The number of benzene rings is 1. The molecule has 0 unspecified atom stereocenters. The summed E-state index contributed by atoms with van der Waals surface area (Å²) in [5, 5.41) is 8.70. The Hall–Kier alpha value is -2.96. The second kappa shape index (κ2) is 5.79. The number of aryl methyl sites for hydroxylation is 1. The van der Waals surface area contributed by atoms with Crippen LogP contribution in [0.25, 0.3) is 23.0 Å². The highest BCUT2D eigenvalue weighted by Crippen LogP contribution is 2.35. The molecule has 2 aliphatic rings. The lowest BCUT2D eigenvalue weighted by atomic mass is 10.0. The lowest BCUT2D eigenvalue weighted by Gasteiger charge is -2.27. The van der Waals surface area contributed by atoms with Crippen LogP contribution in [0.15, 0.2) is 34.9 Å². The summed E-state index contributed by atoms with van der Waals surface area (Å²) in [6.07, 6.45) is 2.84. The summed E-state index contributed by atoms with van der Waals surface area (Å²) < 4.78 is 7.37. The van der Waals surface area contributed by atoms with Gasteiger partial charge in [0.2, 0.25) is 11.7 Å². The van der Waals surface area contributed by atoms with E-state index in [-0.39, 0.29) is 11.8 Å². The highest BCUT2D eigenvalue weighted by molar-refractivity contribution is 5.81. The average molecular weight is 349 g/mol. The van der Waals surface area contributed by atoms with E-state index in [1.807, 2.05) is 47.0 Å². The first-order valence-corrected chi connectivity index (χ1v) is 8.94. The SMILES string of the molecule is Cn1nc(-c2nc(-c3ccccc3)no2)c2c1CCN(C(=O)C1CC1)C2. The molecule has 1 aliphatic carbocycles. The molecule has 1 saturated carbocycles. The number of carbonyl (C=O) groups excluding carboxylic acids is 1. The van der Waals surface area contributed by atoms with Crippen molar-refractivity contribution in [2.75, 3.05) is 6.54 Å². The van der Waals surface area contributed by atoms with Crippen LogP contribution in [0.1, 0.15) is 24.1 Å². The Labute approximate surface area is 150 Å². The summed E-state index contributed by atoms with van der Waals surface area (Å²) in [6.45, 7) is 1.32. The number of aromatic nitrogens is 4. The normalized spacial score (nSPS) is 16.6. The number of carbonyl (C=O) groups is 1. The highest BCUT2D eigenvalue weighted by atomic mass is 16.5. The fraction of sp³-hybridized carbons (Fsp3) is 0.368. The monoisotopic (exact) mass is 349 g/mol. The summed E-state index contributed by atoms with van der Waals surface area (Å²) in [7, 11) is 1.93. The molecular weight excluding hydrogens is 330 g/mol. The largest absolute Gasteiger partial charge is 0.338 e. The van der Waals surface area contributed by atoms with Gasteiger partial charge in [-0.15, -0.1) is 0 Å². The van der Waals surface area contributed by atoms with Crippen molar-refractivity contribution in [2.24, 2.45) is 13.0 Å². The fourth-order valence-corrected chi connectivity index (χ4v) is 3.56. The van der Waals surface area contributed by atoms with Gasteiger partial charge in [-0.3, -0.25) is 9.48 Å². The Kier molecular flexibility index (Phi) is 3.41. The standard InChI is InChI=1S/C19H19N5O2/c1-23-15-9-10-24(19(25)13-7-8-13)11-14(15)16(21-23)18-20-17(22-26-18)12-5-3-2-4-6-12/h2-6,13H,7-11H2,1H3. The highest BCUT2D eigenvalue weighted by Gasteiger charge is 2.36. The van der Waals surface area contributed by atoms with Crippen LogP contribution in [0.3, 0.4) is 0 Å². The molecule has 132 valence electrons. The Morgan fingerprint density at radius 3 is 2.81 bits per heavy atom. The molecule has 1 amide bonds. The summed E-state index contributed by atoms with van der Waals surface area (Å²) in [4.78, 5) is 18.9. The number of amides is 1. The minimum Gasteiger partial charge on any atom is -0.338 e. The summed E-state index contributed by atoms with van der Waals surface area (Å²) in [6, 6.07) is 9.72. The van der Waals surface area contributed by atoms with Crippen LogP contribution in [0, 0.1) is 5.92 Å². The Morgan fingerprint density at radius 2 is 2.04 bits per heavy atom. The maximum absolute atomic E-state index is 12.5. The predicted octanol–water partition coefficient (Wildman–Crippen LogP) is 2.43. The molecule has 0 atom stereocenters. The fourth-order valence-electron chi connectivity index (χ4n) is 3.56. The van der Waals surface area contributed by atoms with E-state index in [1.54, 1.807) is 0 Å². The molecule has 7 nitrogen and oxygen atoms in total. The third-order valence-electron chi connectivity index (χ3n) is 5.14. The Bertz CT molecular complexity index is 971. The number of fused-ring (bicyclic) bond motifs is 1. The van der Waals surface area contributed by atoms with E-state index in [0.717, 1.165) is 42.6 Å². The number of hydrogen-bond donors (Lipinski definition) is 0. The van der Waals surface area contributed by atoms with Crippen molar-refractivity contribution in [2.45, 2.75) is 25.8 Å². The van der Waals surface area contributed by atoms with Gasteiger partial charge in [-0.2, -0.15) is 10.1 Å². The molecule has 7 heteroatoms. The van der Waals surface area contributed by atoms with Gasteiger partial charge in [0, 0.05) is 49.3 Å². The number of rotatable bonds is 3. The van der Waals surface area contributed by atoms with E-state index in [4.69, 9.17) is 4.52 Å². The molecule has 1 aromatic carbocycles. The van der Waals surface area contributed by atoms with Crippen molar-refractivity contribution in [1.82, 2.24) is 24.8 Å². The van der Waals surface area contributed by atoms with Gasteiger partial charge in [-0.05, 0) is 12.8 Å². The number of hydrogen-bond acceptors (Lipinski definition) is 5. The molecule has 0 spiro atoms. The van der Waals surface area contributed by atoms with Gasteiger partial charge in [0.1, 0.15) is 0 Å². The zero-order valence-corrected chi connectivity index (χ0v) is 14.6. The van der Waals surface area contributed by atoms with Crippen LogP contribution in [0.5, 0.6) is 0 Å². The van der Waals surface area contributed by atoms with Gasteiger partial charge in [-0.25, -0.2) is 0 Å². The van der Waals surface area contributed by atoms with E-state index in [2.05, 4.69) is 15.2 Å². The van der Waals surface area contributed by atoms with Crippen LogP contribution >= 0.6 is 0 Å². The van der Waals surface area contributed by atoms with Crippen LogP contribution in [0.2, 0.25) is 0 Å². The lowest BCUT2D eigenvalue weighted by Crippen LogP contribution is -2.37. The summed E-state index contributed by atoms with van der Waals surface area (Å²) in [5.41, 5.74) is 3.75. The van der Waals surface area contributed by atoms with Crippen molar-refractivity contribution in [3.63, 3.8) is 0 Å². The third kappa shape index (κ3) is 2.51. The van der Waals surface area contributed by atoms with E-state index in [9.17, 15) is 4.79 Å². The van der Waals surface area contributed by atoms with Crippen molar-refractivity contribution in [3.05, 3.63) is 41.6 Å². The summed E-state index contributed by atoms with van der Waals surface area (Å²) >= 11 is 0. The minimum atomic E-state index is 0.227. The Balaban J connectivity index is 1.49. The first-order valence-electron chi connectivity index (χ1n) is 8.94. The molecule has 0 radical (unpaired) electrons. The van der Waals surface area contributed by atoms with Crippen molar-refractivity contribution in [3.8, 4) is 23.0 Å².